The van der Waals surface area contributed by atoms with Crippen LogP contribution in [0.4, 0.5) is 5.69 Å². The topological polar surface area (TPSA) is 65.8 Å². The van der Waals surface area contributed by atoms with Crippen molar-refractivity contribution in [3.05, 3.63) is 50.7 Å². The minimum atomic E-state index is -0.0213. The molecule has 6 heteroatoms. The molecule has 1 aliphatic rings. The summed E-state index contributed by atoms with van der Waals surface area (Å²) in [6, 6.07) is 12.0. The number of hydrogen-bond acceptors (Lipinski definition) is 4. The molecular weight excluding hydrogens is 457 g/mol. The highest BCUT2D eigenvalue weighted by Crippen LogP contribution is 2.27. The molecule has 0 radical (unpaired) electrons. The molecule has 1 aromatic heterocycles. The van der Waals surface area contributed by atoms with Gasteiger partial charge in [-0.05, 0) is 84.2 Å². The molecule has 134 valence electrons. The van der Waals surface area contributed by atoms with Gasteiger partial charge in [0.25, 0.3) is 0 Å². The van der Waals surface area contributed by atoms with Gasteiger partial charge in [-0.15, -0.1) is 11.8 Å². The summed E-state index contributed by atoms with van der Waals surface area (Å²) in [5.74, 6) is 0.586. The highest BCUT2D eigenvalue weighted by molar-refractivity contribution is 14.1. The third kappa shape index (κ3) is 5.21. The van der Waals surface area contributed by atoms with Crippen LogP contribution in [0.15, 0.2) is 35.4 Å². The molecule has 1 aromatic carbocycles. The average Bonchev–Trinajstić information content (AvgIpc) is 2.87. The van der Waals surface area contributed by atoms with Crippen LogP contribution in [0.1, 0.15) is 42.5 Å². The lowest BCUT2D eigenvalue weighted by molar-refractivity contribution is -0.115. The van der Waals surface area contributed by atoms with Crippen LogP contribution in [0.5, 0.6) is 0 Å². The maximum Gasteiger partial charge on any atom is 0.225 e. The molecule has 0 spiro atoms. The first-order valence-electron chi connectivity index (χ1n) is 8.77. The Morgan fingerprint density at radius 2 is 2.00 bits per heavy atom. The third-order valence-corrected chi connectivity index (χ3v) is 6.04. The summed E-state index contributed by atoms with van der Waals surface area (Å²) in [6.07, 6.45) is 5.95. The van der Waals surface area contributed by atoms with Gasteiger partial charge in [-0.2, -0.15) is 5.26 Å². The first-order chi connectivity index (χ1) is 12.7. The van der Waals surface area contributed by atoms with Gasteiger partial charge < -0.3 is 5.32 Å². The Kier molecular flexibility index (Phi) is 6.92. The average molecular weight is 477 g/mol. The van der Waals surface area contributed by atoms with Gasteiger partial charge in [-0.25, -0.2) is 4.98 Å². The maximum atomic E-state index is 12.1. The van der Waals surface area contributed by atoms with Crippen LogP contribution in [0.2, 0.25) is 0 Å². The number of carbonyl (C=O) groups is 1. The molecule has 4 nitrogen and oxygen atoms in total. The van der Waals surface area contributed by atoms with E-state index in [9.17, 15) is 10.1 Å². The van der Waals surface area contributed by atoms with Crippen molar-refractivity contribution in [1.29, 1.82) is 5.26 Å². The predicted molar refractivity (Wildman–Crippen MR) is 113 cm³/mol. The van der Waals surface area contributed by atoms with Crippen LogP contribution < -0.4 is 5.32 Å². The van der Waals surface area contributed by atoms with E-state index in [0.29, 0.717) is 17.7 Å². The van der Waals surface area contributed by atoms with Crippen LogP contribution in [-0.2, 0) is 17.6 Å². The summed E-state index contributed by atoms with van der Waals surface area (Å²) in [5, 5.41) is 13.1. The van der Waals surface area contributed by atoms with Gasteiger partial charge in [0.15, 0.2) is 0 Å². The maximum absolute atomic E-state index is 12.1. The van der Waals surface area contributed by atoms with Gasteiger partial charge in [0.2, 0.25) is 5.91 Å². The lowest BCUT2D eigenvalue weighted by Gasteiger charge is -2.10. The lowest BCUT2D eigenvalue weighted by atomic mass is 10.1. The third-order valence-electron chi connectivity index (χ3n) is 4.33. The number of carbonyl (C=O) groups excluding carboxylic acids is 1. The Morgan fingerprint density at radius 1 is 1.23 bits per heavy atom. The van der Waals surface area contributed by atoms with Gasteiger partial charge in [0.05, 0.1) is 5.56 Å². The molecule has 0 saturated heterocycles. The summed E-state index contributed by atoms with van der Waals surface area (Å²) >= 11 is 3.73. The summed E-state index contributed by atoms with van der Waals surface area (Å²) in [6.45, 7) is 0. The predicted octanol–water partition coefficient (Wildman–Crippen LogP) is 4.95. The van der Waals surface area contributed by atoms with Crippen LogP contribution in [0.3, 0.4) is 0 Å². The molecule has 0 saturated carbocycles. The quantitative estimate of drug-likeness (QED) is 0.376. The van der Waals surface area contributed by atoms with E-state index >= 15 is 0 Å². The molecule has 0 aliphatic heterocycles. The number of nitrogens with one attached hydrogen (secondary N) is 1. The number of thioether (sulfide) groups is 1. The van der Waals surface area contributed by atoms with Crippen molar-refractivity contribution < 1.29 is 4.79 Å². The number of aromatic nitrogens is 1. The smallest absolute Gasteiger partial charge is 0.225 e. The molecule has 2 aromatic rings. The molecule has 0 unspecified atom stereocenters. The monoisotopic (exact) mass is 477 g/mol. The summed E-state index contributed by atoms with van der Waals surface area (Å²) in [7, 11) is 0. The zero-order valence-electron chi connectivity index (χ0n) is 14.4. The number of nitrogens with zero attached hydrogens (tertiary/aromatic N) is 2. The fraction of sp³-hybridized carbons (Fsp3) is 0.350. The van der Waals surface area contributed by atoms with Crippen LogP contribution in [-0.4, -0.2) is 16.6 Å². The van der Waals surface area contributed by atoms with Crippen molar-refractivity contribution in [3.63, 3.8) is 0 Å². The second kappa shape index (κ2) is 9.38. The highest BCUT2D eigenvalue weighted by atomic mass is 127. The minimum Gasteiger partial charge on any atom is -0.326 e. The largest absolute Gasteiger partial charge is 0.326 e. The van der Waals surface area contributed by atoms with Crippen molar-refractivity contribution in [2.24, 2.45) is 0 Å². The van der Waals surface area contributed by atoms with Crippen molar-refractivity contribution in [1.82, 2.24) is 4.98 Å². The van der Waals surface area contributed by atoms with E-state index in [1.807, 2.05) is 30.3 Å². The fourth-order valence-electron chi connectivity index (χ4n) is 2.98. The molecule has 0 fully saturated rings. The summed E-state index contributed by atoms with van der Waals surface area (Å²) in [5.41, 5.74) is 3.79. The molecule has 1 aliphatic carbocycles. The standard InChI is InChI=1S/C20H20IN3OS/c21-16-6-8-17(9-7-16)23-19(25)10-11-26-20-15(13-22)12-14-4-2-1-3-5-18(14)24-20/h6-9,12H,1-5,10-11H2,(H,23,25). The number of aryl methyl sites for hydroxylation is 2. The number of amides is 1. The Balaban J connectivity index is 1.58. The number of anilines is 1. The van der Waals surface area contributed by atoms with Crippen LogP contribution in [0.25, 0.3) is 0 Å². The van der Waals surface area contributed by atoms with Gasteiger partial charge in [-0.3, -0.25) is 4.79 Å². The lowest BCUT2D eigenvalue weighted by Crippen LogP contribution is -2.12. The van der Waals surface area contributed by atoms with Crippen molar-refractivity contribution in [2.75, 3.05) is 11.1 Å². The van der Waals surface area contributed by atoms with Crippen molar-refractivity contribution in [2.45, 2.75) is 43.6 Å². The molecule has 1 N–H and O–H groups in total. The van der Waals surface area contributed by atoms with E-state index in [-0.39, 0.29) is 5.91 Å². The molecule has 26 heavy (non-hydrogen) atoms. The van der Waals surface area contributed by atoms with E-state index in [1.165, 1.54) is 30.2 Å². The zero-order chi connectivity index (χ0) is 18.4. The number of fused-ring (bicyclic) bond motifs is 1. The molecule has 0 bridgehead atoms. The Hall–Kier alpha value is -1.59. The van der Waals surface area contributed by atoms with E-state index in [4.69, 9.17) is 4.98 Å². The Labute approximate surface area is 171 Å². The first kappa shape index (κ1) is 19.2. The zero-order valence-corrected chi connectivity index (χ0v) is 17.4. The SMILES string of the molecule is N#Cc1cc2c(nc1SCCC(=O)Nc1ccc(I)cc1)CCCCC2. The minimum absolute atomic E-state index is 0.0213. The first-order valence-corrected chi connectivity index (χ1v) is 10.8. The molecule has 3 rings (SSSR count). The molecular formula is C20H20IN3OS. The molecule has 1 amide bonds. The number of halogens is 1. The second-order valence-electron chi connectivity index (χ2n) is 6.27. The van der Waals surface area contributed by atoms with Gasteiger partial charge in [0, 0.05) is 27.1 Å². The van der Waals surface area contributed by atoms with E-state index < -0.39 is 0 Å². The Bertz CT molecular complexity index is 830. The number of rotatable bonds is 5. The Morgan fingerprint density at radius 3 is 2.77 bits per heavy atom. The van der Waals surface area contributed by atoms with Crippen molar-refractivity contribution in [3.8, 4) is 6.07 Å². The second-order valence-corrected chi connectivity index (χ2v) is 8.60. The fourth-order valence-corrected chi connectivity index (χ4v) is 4.25. The normalized spacial score (nSPS) is 13.4. The van der Waals surface area contributed by atoms with Crippen molar-refractivity contribution >= 4 is 45.9 Å². The number of hydrogen-bond donors (Lipinski definition) is 1. The van der Waals surface area contributed by atoms with E-state index in [1.54, 1.807) is 0 Å². The number of nitriles is 1. The van der Waals surface area contributed by atoms with Crippen LogP contribution >= 0.6 is 34.4 Å². The van der Waals surface area contributed by atoms with E-state index in [2.05, 4.69) is 34.0 Å². The number of benzene rings is 1. The number of pyridine rings is 1. The highest BCUT2D eigenvalue weighted by Gasteiger charge is 2.15. The van der Waals surface area contributed by atoms with Crippen LogP contribution in [0, 0.1) is 14.9 Å². The summed E-state index contributed by atoms with van der Waals surface area (Å²) in [4.78, 5) is 16.9. The van der Waals surface area contributed by atoms with Gasteiger partial charge in [0.1, 0.15) is 11.1 Å². The van der Waals surface area contributed by atoms with E-state index in [0.717, 1.165) is 39.2 Å². The van der Waals surface area contributed by atoms with Gasteiger partial charge in [-0.1, -0.05) is 6.42 Å². The molecule has 1 heterocycles. The van der Waals surface area contributed by atoms with Gasteiger partial charge >= 0.3 is 0 Å². The summed E-state index contributed by atoms with van der Waals surface area (Å²) < 4.78 is 1.13. The molecule has 0 atom stereocenters.